The first-order chi connectivity index (χ1) is 11.8. The van der Waals surface area contributed by atoms with Gasteiger partial charge in [0.15, 0.2) is 0 Å². The molecule has 2 heterocycles. The zero-order valence-electron chi connectivity index (χ0n) is 13.9. The second-order valence-electron chi connectivity index (χ2n) is 6.23. The van der Waals surface area contributed by atoms with E-state index in [1.165, 1.54) is 12.3 Å². The van der Waals surface area contributed by atoms with E-state index >= 15 is 0 Å². The van der Waals surface area contributed by atoms with E-state index in [1.807, 2.05) is 6.07 Å². The Morgan fingerprint density at radius 1 is 1.64 bits per heavy atom. The van der Waals surface area contributed by atoms with Gasteiger partial charge < -0.3 is 19.7 Å². The minimum atomic E-state index is -0.971. The number of ether oxygens (including phenoxy) is 2. The summed E-state index contributed by atoms with van der Waals surface area (Å²) in [6.45, 7) is 2.81. The number of carbonyl (C=O) groups is 1. The van der Waals surface area contributed by atoms with Crippen LogP contribution in [0.2, 0.25) is 0 Å². The molecule has 0 bridgehead atoms. The average Bonchev–Trinajstić information content (AvgIpc) is 2.87. The normalized spacial score (nSPS) is 23.1. The third-order valence-electron chi connectivity index (χ3n) is 3.63. The second-order valence-corrected chi connectivity index (χ2v) is 6.23. The van der Waals surface area contributed by atoms with Crippen LogP contribution >= 0.6 is 0 Å². The summed E-state index contributed by atoms with van der Waals surface area (Å²) in [5.74, 6) is -0.0174. The van der Waals surface area contributed by atoms with E-state index in [4.69, 9.17) is 19.8 Å². The molecule has 0 aliphatic carbocycles. The lowest BCUT2D eigenvalue weighted by molar-refractivity contribution is -0.0458. The fourth-order valence-electron chi connectivity index (χ4n) is 2.36. The predicted molar refractivity (Wildman–Crippen MR) is 84.5 cm³/mol. The van der Waals surface area contributed by atoms with Crippen molar-refractivity contribution in [3.05, 3.63) is 22.7 Å². The number of carbonyl (C=O) groups excluding carboxylic acids is 1. The van der Waals surface area contributed by atoms with Crippen LogP contribution in [0.25, 0.3) is 0 Å². The molecule has 2 rings (SSSR count). The molecule has 10 nitrogen and oxygen atoms in total. The van der Waals surface area contributed by atoms with Gasteiger partial charge in [0.1, 0.15) is 23.8 Å². The summed E-state index contributed by atoms with van der Waals surface area (Å²) in [4.78, 5) is 27.6. The van der Waals surface area contributed by atoms with E-state index in [-0.39, 0.29) is 25.3 Å². The molecule has 0 spiro atoms. The van der Waals surface area contributed by atoms with Gasteiger partial charge in [0.2, 0.25) is 0 Å². The molecule has 25 heavy (non-hydrogen) atoms. The van der Waals surface area contributed by atoms with Crippen molar-refractivity contribution in [1.29, 1.82) is 5.26 Å². The van der Waals surface area contributed by atoms with Gasteiger partial charge in [-0.3, -0.25) is 9.88 Å². The predicted octanol–water partition coefficient (Wildman–Crippen LogP) is 0.125. The van der Waals surface area contributed by atoms with Gasteiger partial charge in [0.25, 0.3) is 0 Å². The van der Waals surface area contributed by atoms with Crippen molar-refractivity contribution < 1.29 is 24.5 Å². The van der Waals surface area contributed by atoms with Crippen LogP contribution in [0, 0.1) is 11.3 Å². The lowest BCUT2D eigenvalue weighted by Gasteiger charge is -2.21. The number of anilines is 1. The maximum Gasteiger partial charge on any atom is 0.413 e. The van der Waals surface area contributed by atoms with Gasteiger partial charge in [-0.1, -0.05) is 0 Å². The van der Waals surface area contributed by atoms with E-state index < -0.39 is 35.8 Å². The van der Waals surface area contributed by atoms with Crippen LogP contribution in [0.1, 0.15) is 32.9 Å². The average molecular weight is 352 g/mol. The number of hydrogen-bond donors (Lipinski definition) is 3. The summed E-state index contributed by atoms with van der Waals surface area (Å²) < 4.78 is 11.6. The number of aliphatic hydroxyl groups excluding tert-OH is 2. The molecule has 3 atom stereocenters. The van der Waals surface area contributed by atoms with Gasteiger partial charge in [-0.2, -0.15) is 10.2 Å². The molecule has 1 aromatic heterocycles. The summed E-state index contributed by atoms with van der Waals surface area (Å²) >= 11 is 0. The van der Waals surface area contributed by atoms with Crippen molar-refractivity contribution in [3.8, 4) is 6.07 Å². The molecule has 1 aromatic rings. The van der Waals surface area contributed by atoms with Crippen molar-refractivity contribution in [3.63, 3.8) is 0 Å². The van der Waals surface area contributed by atoms with Crippen molar-refractivity contribution in [1.82, 2.24) is 9.55 Å². The molecule has 0 aromatic carbocycles. The first-order valence-electron chi connectivity index (χ1n) is 7.66. The van der Waals surface area contributed by atoms with Crippen LogP contribution in [-0.4, -0.2) is 50.3 Å². The number of amides is 1. The summed E-state index contributed by atoms with van der Waals surface area (Å²) in [5, 5.41) is 29.8. The number of nitrogens with zero attached hydrogens (tertiary/aromatic N) is 3. The Morgan fingerprint density at radius 2 is 2.36 bits per heavy atom. The maximum absolute atomic E-state index is 12.1. The molecule has 1 saturated heterocycles. The van der Waals surface area contributed by atoms with Gasteiger partial charge >= 0.3 is 11.8 Å². The number of aliphatic hydroxyl groups is 2. The second kappa shape index (κ2) is 7.60. The van der Waals surface area contributed by atoms with E-state index in [9.17, 15) is 14.7 Å². The topological polar surface area (TPSA) is 147 Å². The standard InChI is InChI=1S/C15H20N4O6/c1-15(2,4-5-16)25-14(23)18-11-3-6-19(13(22)17-11)12-7-9(21)10(8-20)24-12/h3,6,9-10,12,20-21H,4,7-8H2,1-2H3,(H,17,18,22,23)/t9-,10+,12+/m0/s1. The highest BCUT2D eigenvalue weighted by Crippen LogP contribution is 2.27. The minimum Gasteiger partial charge on any atom is -0.442 e. The molecule has 1 fully saturated rings. The monoisotopic (exact) mass is 352 g/mol. The molecule has 0 saturated carbocycles. The van der Waals surface area contributed by atoms with E-state index in [2.05, 4.69) is 10.3 Å². The van der Waals surface area contributed by atoms with Crippen LogP contribution in [0.15, 0.2) is 17.1 Å². The van der Waals surface area contributed by atoms with Gasteiger partial charge in [0.05, 0.1) is 25.2 Å². The Morgan fingerprint density at radius 3 is 2.92 bits per heavy atom. The molecule has 3 N–H and O–H groups in total. The zero-order valence-corrected chi connectivity index (χ0v) is 13.9. The van der Waals surface area contributed by atoms with Crippen LogP contribution in [0.4, 0.5) is 10.6 Å². The molecule has 0 radical (unpaired) electrons. The largest absolute Gasteiger partial charge is 0.442 e. The first kappa shape index (κ1) is 18.9. The molecule has 1 amide bonds. The van der Waals surface area contributed by atoms with Crippen molar-refractivity contribution >= 4 is 11.9 Å². The van der Waals surface area contributed by atoms with Crippen molar-refractivity contribution in [2.75, 3.05) is 11.9 Å². The molecule has 1 aliphatic rings. The fourth-order valence-corrected chi connectivity index (χ4v) is 2.36. The summed E-state index contributed by atoms with van der Waals surface area (Å²) in [7, 11) is 0. The van der Waals surface area contributed by atoms with Crippen LogP contribution < -0.4 is 11.0 Å². The Balaban J connectivity index is 2.04. The molecular weight excluding hydrogens is 332 g/mol. The van der Waals surface area contributed by atoms with E-state index in [1.54, 1.807) is 13.8 Å². The van der Waals surface area contributed by atoms with E-state index in [0.717, 1.165) is 4.57 Å². The third kappa shape index (κ3) is 4.76. The third-order valence-corrected chi connectivity index (χ3v) is 3.63. The van der Waals surface area contributed by atoms with Gasteiger partial charge in [-0.05, 0) is 19.9 Å². The maximum atomic E-state index is 12.1. The van der Waals surface area contributed by atoms with E-state index in [0.29, 0.717) is 0 Å². The number of nitriles is 1. The lowest BCUT2D eigenvalue weighted by atomic mass is 10.1. The summed E-state index contributed by atoms with van der Waals surface area (Å²) in [6, 6.07) is 3.29. The summed E-state index contributed by atoms with van der Waals surface area (Å²) in [5.41, 5.74) is -1.66. The fraction of sp³-hybridized carbons (Fsp3) is 0.600. The molecular formula is C15H20N4O6. The van der Waals surface area contributed by atoms with Crippen molar-refractivity contribution in [2.45, 2.75) is 50.7 Å². The zero-order chi connectivity index (χ0) is 18.6. The van der Waals surface area contributed by atoms with Crippen LogP contribution in [0.5, 0.6) is 0 Å². The number of rotatable bonds is 5. The highest BCUT2D eigenvalue weighted by molar-refractivity contribution is 5.83. The van der Waals surface area contributed by atoms with Crippen LogP contribution in [0.3, 0.4) is 0 Å². The highest BCUT2D eigenvalue weighted by Gasteiger charge is 2.35. The molecule has 1 aliphatic heterocycles. The smallest absolute Gasteiger partial charge is 0.413 e. The van der Waals surface area contributed by atoms with Gasteiger partial charge in [0, 0.05) is 12.6 Å². The van der Waals surface area contributed by atoms with Crippen LogP contribution in [-0.2, 0) is 9.47 Å². The van der Waals surface area contributed by atoms with Gasteiger partial charge in [-0.25, -0.2) is 9.59 Å². The number of hydrogen-bond acceptors (Lipinski definition) is 8. The molecule has 10 heteroatoms. The molecule has 136 valence electrons. The van der Waals surface area contributed by atoms with Gasteiger partial charge in [-0.15, -0.1) is 0 Å². The Hall–Kier alpha value is -2.48. The highest BCUT2D eigenvalue weighted by atomic mass is 16.6. The number of aromatic nitrogens is 2. The summed E-state index contributed by atoms with van der Waals surface area (Å²) in [6.07, 6.45) is -1.69. The Kier molecular flexibility index (Phi) is 5.73. The minimum absolute atomic E-state index is 0.0167. The first-order valence-corrected chi connectivity index (χ1v) is 7.66. The quantitative estimate of drug-likeness (QED) is 0.677. The van der Waals surface area contributed by atoms with Crippen molar-refractivity contribution in [2.24, 2.45) is 0 Å². The lowest BCUT2D eigenvalue weighted by Crippen LogP contribution is -2.32. The Bertz CT molecular complexity index is 725. The Labute approximate surface area is 143 Å². The molecule has 0 unspecified atom stereocenters. The number of nitrogens with one attached hydrogen (secondary N) is 1. The SMILES string of the molecule is CC(C)(CC#N)OC(=O)Nc1ccn([C@H]2C[C@H](O)[C@@H](CO)O2)c(=O)n1.